The summed E-state index contributed by atoms with van der Waals surface area (Å²) in [6.45, 7) is 6.44. The molecule has 0 aromatic heterocycles. The minimum atomic E-state index is -0.966. The summed E-state index contributed by atoms with van der Waals surface area (Å²) in [6.07, 6.45) is 2.38. The number of carbonyl (C=O) groups is 1. The van der Waals surface area contributed by atoms with E-state index in [0.29, 0.717) is 13.0 Å². The van der Waals surface area contributed by atoms with Gasteiger partial charge in [0.25, 0.3) is 0 Å². The Bertz CT molecular complexity index is 656. The summed E-state index contributed by atoms with van der Waals surface area (Å²) in [7, 11) is 0. The van der Waals surface area contributed by atoms with Gasteiger partial charge < -0.3 is 14.9 Å². The van der Waals surface area contributed by atoms with E-state index in [0.717, 1.165) is 24.0 Å². The average Bonchev–Trinajstić information content (AvgIpc) is 2.63. The van der Waals surface area contributed by atoms with Gasteiger partial charge >= 0.3 is 5.97 Å². The number of phenols is 2. The van der Waals surface area contributed by atoms with Gasteiger partial charge in [0.1, 0.15) is 16.9 Å². The summed E-state index contributed by atoms with van der Waals surface area (Å²) in [5.74, 6) is 0.247. The molecule has 0 saturated carbocycles. The average molecular weight is 356 g/mol. The van der Waals surface area contributed by atoms with Crippen LogP contribution in [0.4, 0.5) is 0 Å². The van der Waals surface area contributed by atoms with Crippen molar-refractivity contribution < 1.29 is 19.7 Å². The first-order valence-electron chi connectivity index (χ1n) is 9.16. The Morgan fingerprint density at radius 1 is 0.962 bits per heavy atom. The maximum atomic E-state index is 13.3. The molecule has 2 aromatic rings. The van der Waals surface area contributed by atoms with Crippen molar-refractivity contribution in [3.05, 3.63) is 59.7 Å². The second-order valence-electron chi connectivity index (χ2n) is 7.09. The molecule has 0 radical (unpaired) electrons. The number of phenolic OH excluding ortho intramolecular Hbond substituents is 2. The maximum Gasteiger partial charge on any atom is 0.321 e. The van der Waals surface area contributed by atoms with Gasteiger partial charge in [0.2, 0.25) is 0 Å². The molecule has 0 aliphatic carbocycles. The van der Waals surface area contributed by atoms with Gasteiger partial charge in [-0.3, -0.25) is 4.79 Å². The summed E-state index contributed by atoms with van der Waals surface area (Å²) in [4.78, 5) is 13.3. The van der Waals surface area contributed by atoms with Crippen LogP contribution in [0.5, 0.6) is 11.5 Å². The second kappa shape index (κ2) is 8.75. The van der Waals surface area contributed by atoms with Crippen LogP contribution in [-0.4, -0.2) is 22.8 Å². The lowest BCUT2D eigenvalue weighted by Gasteiger charge is -2.33. The number of carbonyl (C=O) groups excluding carboxylic acids is 1. The van der Waals surface area contributed by atoms with Gasteiger partial charge in [0, 0.05) is 0 Å². The first kappa shape index (κ1) is 19.8. The van der Waals surface area contributed by atoms with Gasteiger partial charge in [0.05, 0.1) is 6.61 Å². The Kier molecular flexibility index (Phi) is 6.67. The van der Waals surface area contributed by atoms with Crippen molar-refractivity contribution in [1.82, 2.24) is 0 Å². The molecule has 0 fully saturated rings. The summed E-state index contributed by atoms with van der Waals surface area (Å²) in [5.41, 5.74) is 0.596. The van der Waals surface area contributed by atoms with Crippen molar-refractivity contribution in [2.75, 3.05) is 6.61 Å². The second-order valence-corrected chi connectivity index (χ2v) is 7.09. The summed E-state index contributed by atoms with van der Waals surface area (Å²) in [5, 5.41) is 19.3. The third-order valence-electron chi connectivity index (χ3n) is 4.52. The van der Waals surface area contributed by atoms with E-state index in [2.05, 4.69) is 6.92 Å². The molecule has 0 amide bonds. The van der Waals surface area contributed by atoms with Crippen molar-refractivity contribution in [3.63, 3.8) is 0 Å². The van der Waals surface area contributed by atoms with Gasteiger partial charge in [-0.2, -0.15) is 0 Å². The number of aromatic hydroxyl groups is 2. The normalized spacial score (nSPS) is 11.5. The van der Waals surface area contributed by atoms with Crippen LogP contribution in [0.3, 0.4) is 0 Å². The molecule has 0 aliphatic heterocycles. The zero-order valence-corrected chi connectivity index (χ0v) is 15.7. The van der Waals surface area contributed by atoms with E-state index in [9.17, 15) is 15.0 Å². The standard InChI is InChI=1S/C22H28O4/c1-4-5-14-22(21(25)26-15-16(2)3,17-6-10-19(23)11-7-17)18-8-12-20(24)13-9-18/h6-13,16,23-24H,4-5,14-15H2,1-3H3. The Morgan fingerprint density at radius 2 is 1.42 bits per heavy atom. The molecule has 2 rings (SSSR count). The largest absolute Gasteiger partial charge is 0.508 e. The quantitative estimate of drug-likeness (QED) is 0.668. The van der Waals surface area contributed by atoms with Crippen molar-refractivity contribution in [2.24, 2.45) is 5.92 Å². The van der Waals surface area contributed by atoms with E-state index in [-0.39, 0.29) is 23.4 Å². The number of benzene rings is 2. The topological polar surface area (TPSA) is 66.8 Å². The number of unbranched alkanes of at least 4 members (excludes halogenated alkanes) is 1. The van der Waals surface area contributed by atoms with E-state index in [1.54, 1.807) is 48.5 Å². The van der Waals surface area contributed by atoms with Crippen LogP contribution in [0.25, 0.3) is 0 Å². The molecule has 2 aromatic carbocycles. The highest BCUT2D eigenvalue weighted by atomic mass is 16.5. The number of ether oxygens (including phenoxy) is 1. The summed E-state index contributed by atoms with van der Waals surface area (Å²) in [6, 6.07) is 13.4. The maximum absolute atomic E-state index is 13.3. The Balaban J connectivity index is 2.59. The van der Waals surface area contributed by atoms with Crippen molar-refractivity contribution in [1.29, 1.82) is 0 Å². The van der Waals surface area contributed by atoms with E-state index >= 15 is 0 Å². The van der Waals surface area contributed by atoms with Gasteiger partial charge in [0.15, 0.2) is 0 Å². The first-order chi connectivity index (χ1) is 12.4. The van der Waals surface area contributed by atoms with Crippen molar-refractivity contribution in [3.8, 4) is 11.5 Å². The SMILES string of the molecule is CCCCC(C(=O)OCC(C)C)(c1ccc(O)cc1)c1ccc(O)cc1. The molecule has 140 valence electrons. The molecular formula is C22H28O4. The number of esters is 1. The van der Waals surface area contributed by atoms with Crippen LogP contribution < -0.4 is 0 Å². The predicted octanol–water partition coefficient (Wildman–Crippen LogP) is 4.77. The minimum Gasteiger partial charge on any atom is -0.508 e. The number of hydrogen-bond donors (Lipinski definition) is 2. The lowest BCUT2D eigenvalue weighted by molar-refractivity contribution is -0.150. The molecule has 2 N–H and O–H groups in total. The van der Waals surface area contributed by atoms with Crippen molar-refractivity contribution >= 4 is 5.97 Å². The minimum absolute atomic E-state index is 0.152. The van der Waals surface area contributed by atoms with E-state index < -0.39 is 5.41 Å². The van der Waals surface area contributed by atoms with Crippen LogP contribution in [0.15, 0.2) is 48.5 Å². The Hall–Kier alpha value is -2.49. The first-order valence-corrected chi connectivity index (χ1v) is 9.16. The highest BCUT2D eigenvalue weighted by Gasteiger charge is 2.43. The van der Waals surface area contributed by atoms with E-state index in [4.69, 9.17) is 4.74 Å². The Labute approximate surface area is 155 Å². The Morgan fingerprint density at radius 3 is 1.81 bits per heavy atom. The summed E-state index contributed by atoms with van der Waals surface area (Å²) >= 11 is 0. The predicted molar refractivity (Wildman–Crippen MR) is 102 cm³/mol. The molecule has 0 saturated heterocycles. The lowest BCUT2D eigenvalue weighted by atomic mass is 9.71. The molecule has 0 heterocycles. The fraction of sp³-hybridized carbons (Fsp3) is 0.409. The molecule has 0 aliphatic rings. The highest BCUT2D eigenvalue weighted by molar-refractivity contribution is 5.88. The van der Waals surface area contributed by atoms with Gasteiger partial charge in [-0.25, -0.2) is 0 Å². The molecule has 0 bridgehead atoms. The number of rotatable bonds is 8. The molecule has 0 spiro atoms. The summed E-state index contributed by atoms with van der Waals surface area (Å²) < 4.78 is 5.67. The molecular weight excluding hydrogens is 328 g/mol. The molecule has 0 atom stereocenters. The van der Waals surface area contributed by atoms with Crippen LogP contribution in [0.2, 0.25) is 0 Å². The van der Waals surface area contributed by atoms with Crippen LogP contribution in [0.1, 0.15) is 51.2 Å². The van der Waals surface area contributed by atoms with Crippen LogP contribution in [-0.2, 0) is 14.9 Å². The highest BCUT2D eigenvalue weighted by Crippen LogP contribution is 2.40. The zero-order chi connectivity index (χ0) is 19.2. The fourth-order valence-corrected chi connectivity index (χ4v) is 3.09. The van der Waals surface area contributed by atoms with Gasteiger partial charge in [-0.05, 0) is 47.7 Å². The van der Waals surface area contributed by atoms with Gasteiger partial charge in [-0.15, -0.1) is 0 Å². The number of hydrogen-bond acceptors (Lipinski definition) is 4. The van der Waals surface area contributed by atoms with Gasteiger partial charge in [-0.1, -0.05) is 57.9 Å². The van der Waals surface area contributed by atoms with E-state index in [1.807, 2.05) is 13.8 Å². The van der Waals surface area contributed by atoms with E-state index in [1.165, 1.54) is 0 Å². The molecule has 4 nitrogen and oxygen atoms in total. The lowest BCUT2D eigenvalue weighted by Crippen LogP contribution is -2.39. The van der Waals surface area contributed by atoms with Crippen molar-refractivity contribution in [2.45, 2.75) is 45.4 Å². The smallest absolute Gasteiger partial charge is 0.321 e. The van der Waals surface area contributed by atoms with Crippen LogP contribution in [0, 0.1) is 5.92 Å². The van der Waals surface area contributed by atoms with Crippen LogP contribution >= 0.6 is 0 Å². The fourth-order valence-electron chi connectivity index (χ4n) is 3.09. The monoisotopic (exact) mass is 356 g/mol. The third-order valence-corrected chi connectivity index (χ3v) is 4.52. The zero-order valence-electron chi connectivity index (χ0n) is 15.7. The third kappa shape index (κ3) is 4.37. The molecule has 26 heavy (non-hydrogen) atoms. The molecule has 0 unspecified atom stereocenters. The molecule has 4 heteroatoms.